The van der Waals surface area contributed by atoms with Crippen molar-refractivity contribution in [3.05, 3.63) is 90.0 Å². The summed E-state index contributed by atoms with van der Waals surface area (Å²) in [6.07, 6.45) is 0. The second kappa shape index (κ2) is 7.74. The molecule has 0 amide bonds. The van der Waals surface area contributed by atoms with Crippen LogP contribution < -0.4 is 4.46 Å². The standard InChI is InChI=1S/C20H18OSSe/c1-16-11-13-18(14-12-16)22(21)20-10-6-5-7-17(20)15-23-19-8-3-2-4-9-19/h2-14H,15H2,1H3. The van der Waals surface area contributed by atoms with Gasteiger partial charge >= 0.3 is 146 Å². The predicted octanol–water partition coefficient (Wildman–Crippen LogP) is 3.69. The Morgan fingerprint density at radius 3 is 2.22 bits per heavy atom. The van der Waals surface area contributed by atoms with Crippen LogP contribution in [0.2, 0.25) is 0 Å². The van der Waals surface area contributed by atoms with Crippen LogP contribution >= 0.6 is 0 Å². The SMILES string of the molecule is Cc1ccc(S(=O)c2ccccc2C[Se]c2ccccc2)cc1. The Morgan fingerprint density at radius 1 is 0.826 bits per heavy atom. The number of rotatable bonds is 5. The van der Waals surface area contributed by atoms with Gasteiger partial charge in [-0.2, -0.15) is 0 Å². The van der Waals surface area contributed by atoms with Crippen LogP contribution in [-0.4, -0.2) is 19.2 Å². The van der Waals surface area contributed by atoms with Gasteiger partial charge in [-0.1, -0.05) is 0 Å². The van der Waals surface area contributed by atoms with Gasteiger partial charge in [0.25, 0.3) is 0 Å². The molecule has 0 saturated carbocycles. The van der Waals surface area contributed by atoms with Gasteiger partial charge in [0.05, 0.1) is 0 Å². The van der Waals surface area contributed by atoms with Gasteiger partial charge in [-0.3, -0.25) is 0 Å². The molecular formula is C20H18OSSe. The van der Waals surface area contributed by atoms with Crippen LogP contribution in [0, 0.1) is 6.92 Å². The van der Waals surface area contributed by atoms with Crippen molar-refractivity contribution in [3.8, 4) is 0 Å². The van der Waals surface area contributed by atoms with Gasteiger partial charge in [0.2, 0.25) is 0 Å². The summed E-state index contributed by atoms with van der Waals surface area (Å²) < 4.78 is 14.3. The van der Waals surface area contributed by atoms with Crippen LogP contribution in [-0.2, 0) is 16.1 Å². The van der Waals surface area contributed by atoms with Crippen LogP contribution in [0.1, 0.15) is 11.1 Å². The average molecular weight is 385 g/mol. The molecule has 0 aliphatic carbocycles. The zero-order valence-electron chi connectivity index (χ0n) is 12.9. The molecular weight excluding hydrogens is 367 g/mol. The van der Waals surface area contributed by atoms with Crippen molar-refractivity contribution in [1.29, 1.82) is 0 Å². The van der Waals surface area contributed by atoms with E-state index in [4.69, 9.17) is 0 Å². The Kier molecular flexibility index (Phi) is 5.45. The molecule has 0 saturated heterocycles. The van der Waals surface area contributed by atoms with Gasteiger partial charge in [0, 0.05) is 0 Å². The fourth-order valence-corrected chi connectivity index (χ4v) is 5.63. The predicted molar refractivity (Wildman–Crippen MR) is 97.8 cm³/mol. The van der Waals surface area contributed by atoms with Crippen molar-refractivity contribution in [2.75, 3.05) is 0 Å². The molecule has 1 nitrogen and oxygen atoms in total. The molecule has 23 heavy (non-hydrogen) atoms. The van der Waals surface area contributed by atoms with E-state index in [-0.39, 0.29) is 0 Å². The third-order valence-electron chi connectivity index (χ3n) is 3.54. The summed E-state index contributed by atoms with van der Waals surface area (Å²) in [6, 6.07) is 26.6. The first-order chi connectivity index (χ1) is 11.2. The van der Waals surface area contributed by atoms with Gasteiger partial charge in [-0.05, 0) is 0 Å². The maximum atomic E-state index is 12.9. The Bertz CT molecular complexity index is 797. The molecule has 0 bridgehead atoms. The van der Waals surface area contributed by atoms with Gasteiger partial charge in [0.15, 0.2) is 0 Å². The van der Waals surface area contributed by atoms with Crippen molar-refractivity contribution in [2.45, 2.75) is 22.0 Å². The van der Waals surface area contributed by atoms with E-state index in [2.05, 4.69) is 30.3 Å². The molecule has 1 unspecified atom stereocenters. The quantitative estimate of drug-likeness (QED) is 0.613. The van der Waals surface area contributed by atoms with Crippen LogP contribution in [0.25, 0.3) is 0 Å². The summed E-state index contributed by atoms with van der Waals surface area (Å²) in [5, 5.41) is 0.963. The third-order valence-corrected chi connectivity index (χ3v) is 7.27. The minimum absolute atomic E-state index is 0.356. The topological polar surface area (TPSA) is 17.1 Å². The number of hydrogen-bond donors (Lipinski definition) is 0. The molecule has 0 heterocycles. The van der Waals surface area contributed by atoms with E-state index < -0.39 is 10.8 Å². The van der Waals surface area contributed by atoms with Crippen LogP contribution in [0.15, 0.2) is 88.7 Å². The molecule has 0 aromatic heterocycles. The van der Waals surface area contributed by atoms with Gasteiger partial charge < -0.3 is 0 Å². The van der Waals surface area contributed by atoms with Crippen molar-refractivity contribution >= 4 is 30.2 Å². The van der Waals surface area contributed by atoms with E-state index in [1.54, 1.807) is 0 Å². The normalized spacial score (nSPS) is 12.0. The second-order valence-electron chi connectivity index (χ2n) is 5.29. The molecule has 0 radical (unpaired) electrons. The molecule has 3 rings (SSSR count). The fraction of sp³-hybridized carbons (Fsp3) is 0.100. The van der Waals surface area contributed by atoms with E-state index >= 15 is 0 Å². The van der Waals surface area contributed by atoms with Gasteiger partial charge in [-0.15, -0.1) is 0 Å². The zero-order valence-corrected chi connectivity index (χ0v) is 15.5. The van der Waals surface area contributed by atoms with E-state index in [1.807, 2.05) is 55.5 Å². The molecule has 0 aliphatic rings. The fourth-order valence-electron chi connectivity index (χ4n) is 2.27. The molecule has 0 spiro atoms. The summed E-state index contributed by atoms with van der Waals surface area (Å²) in [4.78, 5) is 1.81. The zero-order chi connectivity index (χ0) is 16.1. The molecule has 0 N–H and O–H groups in total. The molecule has 0 aliphatic heterocycles. The van der Waals surface area contributed by atoms with E-state index in [9.17, 15) is 4.21 Å². The molecule has 3 aromatic carbocycles. The Labute approximate surface area is 146 Å². The van der Waals surface area contributed by atoms with Crippen molar-refractivity contribution < 1.29 is 4.21 Å². The number of benzene rings is 3. The van der Waals surface area contributed by atoms with E-state index in [0.717, 1.165) is 15.1 Å². The molecule has 3 heteroatoms. The molecule has 116 valence electrons. The molecule has 1 atom stereocenters. The van der Waals surface area contributed by atoms with Crippen LogP contribution in [0.3, 0.4) is 0 Å². The van der Waals surface area contributed by atoms with Crippen LogP contribution in [0.5, 0.6) is 0 Å². The number of hydrogen-bond acceptors (Lipinski definition) is 1. The Hall–Kier alpha value is -1.67. The maximum absolute atomic E-state index is 12.9. The van der Waals surface area contributed by atoms with Crippen molar-refractivity contribution in [1.82, 2.24) is 0 Å². The summed E-state index contributed by atoms with van der Waals surface area (Å²) >= 11 is 0.356. The van der Waals surface area contributed by atoms with Gasteiger partial charge in [-0.25, -0.2) is 0 Å². The Morgan fingerprint density at radius 2 is 1.48 bits per heavy atom. The van der Waals surface area contributed by atoms with Crippen LogP contribution in [0.4, 0.5) is 0 Å². The van der Waals surface area contributed by atoms with E-state index in [1.165, 1.54) is 15.6 Å². The van der Waals surface area contributed by atoms with Gasteiger partial charge in [0.1, 0.15) is 0 Å². The Balaban J connectivity index is 1.82. The summed E-state index contributed by atoms with van der Waals surface area (Å²) in [6.45, 7) is 2.04. The summed E-state index contributed by atoms with van der Waals surface area (Å²) in [5.41, 5.74) is 2.38. The van der Waals surface area contributed by atoms with E-state index in [0.29, 0.717) is 15.0 Å². The number of aryl methyl sites for hydroxylation is 1. The van der Waals surface area contributed by atoms with Crippen molar-refractivity contribution in [3.63, 3.8) is 0 Å². The first-order valence-corrected chi connectivity index (χ1v) is 10.7. The second-order valence-corrected chi connectivity index (χ2v) is 8.94. The average Bonchev–Trinajstić information content (AvgIpc) is 2.61. The summed E-state index contributed by atoms with van der Waals surface area (Å²) in [7, 11) is -1.11. The molecule has 0 fully saturated rings. The van der Waals surface area contributed by atoms with Crippen molar-refractivity contribution in [2.24, 2.45) is 0 Å². The monoisotopic (exact) mass is 386 g/mol. The minimum atomic E-state index is -1.11. The first-order valence-electron chi connectivity index (χ1n) is 7.48. The first kappa shape index (κ1) is 16.2. The molecule has 3 aromatic rings. The summed E-state index contributed by atoms with van der Waals surface area (Å²) in [5.74, 6) is 0. The third kappa shape index (κ3) is 4.20.